The minimum absolute atomic E-state index is 0.0786. The highest BCUT2D eigenvalue weighted by Gasteiger charge is 2.25. The molecule has 3 amide bonds. The minimum atomic E-state index is -0.0898. The van der Waals surface area contributed by atoms with Crippen LogP contribution in [-0.4, -0.2) is 44.0 Å². The molecular formula is C28H32N4O2. The number of likely N-dealkylation sites (tertiary alicyclic amines) is 1. The first-order chi connectivity index (χ1) is 16.5. The van der Waals surface area contributed by atoms with Crippen LogP contribution in [0.15, 0.2) is 78.9 Å². The number of anilines is 2. The molecule has 3 aromatic rings. The van der Waals surface area contributed by atoms with Gasteiger partial charge in [-0.05, 0) is 60.4 Å². The van der Waals surface area contributed by atoms with Crippen LogP contribution in [0.2, 0.25) is 0 Å². The zero-order valence-corrected chi connectivity index (χ0v) is 19.8. The number of nitrogens with one attached hydrogen (secondary N) is 2. The van der Waals surface area contributed by atoms with E-state index in [4.69, 9.17) is 0 Å². The molecule has 34 heavy (non-hydrogen) atoms. The van der Waals surface area contributed by atoms with Crippen LogP contribution < -0.4 is 15.5 Å². The predicted octanol–water partition coefficient (Wildman–Crippen LogP) is 5.09. The molecule has 0 unspecified atom stereocenters. The number of hydrogen-bond donors (Lipinski definition) is 2. The molecule has 0 radical (unpaired) electrons. The van der Waals surface area contributed by atoms with Crippen molar-refractivity contribution in [3.8, 4) is 0 Å². The van der Waals surface area contributed by atoms with E-state index >= 15 is 0 Å². The summed E-state index contributed by atoms with van der Waals surface area (Å²) in [5.74, 6) is 0.120. The number of amides is 3. The highest BCUT2D eigenvalue weighted by molar-refractivity contribution is 5.94. The summed E-state index contributed by atoms with van der Waals surface area (Å²) in [5, 5.41) is 6.00. The number of benzene rings is 3. The Balaban J connectivity index is 1.36. The van der Waals surface area contributed by atoms with E-state index in [0.29, 0.717) is 18.7 Å². The molecule has 0 spiro atoms. The summed E-state index contributed by atoms with van der Waals surface area (Å²) in [7, 11) is 4.01. The number of hydrogen-bond acceptors (Lipinski definition) is 3. The lowest BCUT2D eigenvalue weighted by atomic mass is 9.89. The van der Waals surface area contributed by atoms with Gasteiger partial charge in [0.2, 0.25) is 0 Å². The molecule has 2 N–H and O–H groups in total. The van der Waals surface area contributed by atoms with Crippen molar-refractivity contribution in [1.29, 1.82) is 0 Å². The van der Waals surface area contributed by atoms with Gasteiger partial charge >= 0.3 is 6.03 Å². The maximum atomic E-state index is 12.8. The summed E-state index contributed by atoms with van der Waals surface area (Å²) in [6, 6.07) is 25.4. The molecule has 6 heteroatoms. The van der Waals surface area contributed by atoms with Gasteiger partial charge in [-0.25, -0.2) is 4.79 Å². The van der Waals surface area contributed by atoms with E-state index in [1.165, 1.54) is 0 Å². The molecule has 6 nitrogen and oxygen atoms in total. The van der Waals surface area contributed by atoms with Gasteiger partial charge in [-0.2, -0.15) is 0 Å². The fourth-order valence-electron chi connectivity index (χ4n) is 4.29. The highest BCUT2D eigenvalue weighted by atomic mass is 16.2. The number of carbonyl (C=O) groups is 2. The third kappa shape index (κ3) is 5.95. The number of carbonyl (C=O) groups excluding carboxylic acids is 2. The van der Waals surface area contributed by atoms with E-state index < -0.39 is 0 Å². The standard InChI is InChI=1S/C28H32N4O2/c1-31(2)26-15-13-21(14-16-26)19-29-27(33)23-9-6-8-22(18-23)24-10-7-17-32(20-24)28(34)30-25-11-4-3-5-12-25/h3-6,8-9,11-16,18,24H,7,10,17,19-20H2,1-2H3,(H,29,33)(H,30,34)/t24-/m1/s1. The second-order valence-electron chi connectivity index (χ2n) is 8.95. The third-order valence-electron chi connectivity index (χ3n) is 6.26. The first kappa shape index (κ1) is 23.4. The molecule has 1 aliphatic rings. The Hall–Kier alpha value is -3.80. The molecular weight excluding hydrogens is 424 g/mol. The monoisotopic (exact) mass is 456 g/mol. The molecule has 1 aliphatic heterocycles. The maximum Gasteiger partial charge on any atom is 0.321 e. The second-order valence-corrected chi connectivity index (χ2v) is 8.95. The van der Waals surface area contributed by atoms with Crippen LogP contribution in [0.4, 0.5) is 16.2 Å². The summed E-state index contributed by atoms with van der Waals surface area (Å²) < 4.78 is 0. The Morgan fingerprint density at radius 3 is 2.47 bits per heavy atom. The molecule has 1 atom stereocenters. The van der Waals surface area contributed by atoms with Crippen molar-refractivity contribution in [3.05, 3.63) is 95.6 Å². The van der Waals surface area contributed by atoms with Crippen LogP contribution in [0.1, 0.15) is 40.2 Å². The first-order valence-electron chi connectivity index (χ1n) is 11.7. The van der Waals surface area contributed by atoms with E-state index in [9.17, 15) is 9.59 Å². The van der Waals surface area contributed by atoms with E-state index in [1.54, 1.807) is 0 Å². The SMILES string of the molecule is CN(C)c1ccc(CNC(=O)c2cccc([C@@H]3CCCN(C(=O)Nc4ccccc4)C3)c2)cc1. The number of nitrogens with zero attached hydrogens (tertiary/aromatic N) is 2. The van der Waals surface area contributed by atoms with Gasteiger partial charge in [-0.3, -0.25) is 4.79 Å². The molecule has 4 rings (SSSR count). The summed E-state index contributed by atoms with van der Waals surface area (Å²) >= 11 is 0. The van der Waals surface area contributed by atoms with Crippen molar-refractivity contribution in [2.45, 2.75) is 25.3 Å². The van der Waals surface area contributed by atoms with Gasteiger partial charge in [0.1, 0.15) is 0 Å². The van der Waals surface area contributed by atoms with Crippen molar-refractivity contribution in [2.75, 3.05) is 37.4 Å². The average molecular weight is 457 g/mol. The molecule has 1 saturated heterocycles. The van der Waals surface area contributed by atoms with Crippen molar-refractivity contribution in [1.82, 2.24) is 10.2 Å². The maximum absolute atomic E-state index is 12.8. The summed E-state index contributed by atoms with van der Waals surface area (Å²) in [6.07, 6.45) is 1.94. The van der Waals surface area contributed by atoms with Crippen molar-refractivity contribution in [2.24, 2.45) is 0 Å². The zero-order valence-electron chi connectivity index (χ0n) is 19.8. The van der Waals surface area contributed by atoms with Crippen LogP contribution in [0, 0.1) is 0 Å². The van der Waals surface area contributed by atoms with Crippen molar-refractivity contribution >= 4 is 23.3 Å². The molecule has 0 aliphatic carbocycles. The molecule has 0 aromatic heterocycles. The van der Waals surface area contributed by atoms with Crippen molar-refractivity contribution < 1.29 is 9.59 Å². The number of rotatable bonds is 6. The average Bonchev–Trinajstić information content (AvgIpc) is 2.88. The van der Waals surface area contributed by atoms with Crippen LogP contribution in [0.3, 0.4) is 0 Å². The molecule has 0 saturated carbocycles. The van der Waals surface area contributed by atoms with E-state index in [-0.39, 0.29) is 17.9 Å². The Kier molecular flexibility index (Phi) is 7.48. The number of para-hydroxylation sites is 1. The Morgan fingerprint density at radius 2 is 1.74 bits per heavy atom. The van der Waals surface area contributed by atoms with Gasteiger partial charge < -0.3 is 20.4 Å². The lowest BCUT2D eigenvalue weighted by Gasteiger charge is -2.33. The fourth-order valence-corrected chi connectivity index (χ4v) is 4.29. The predicted molar refractivity (Wildman–Crippen MR) is 137 cm³/mol. The van der Waals surface area contributed by atoms with Crippen LogP contribution in [0.5, 0.6) is 0 Å². The van der Waals surface area contributed by atoms with E-state index in [2.05, 4.69) is 16.7 Å². The quantitative estimate of drug-likeness (QED) is 0.543. The van der Waals surface area contributed by atoms with E-state index in [1.807, 2.05) is 96.7 Å². The van der Waals surface area contributed by atoms with Crippen LogP contribution in [-0.2, 0) is 6.54 Å². The minimum Gasteiger partial charge on any atom is -0.378 e. The highest BCUT2D eigenvalue weighted by Crippen LogP contribution is 2.28. The summed E-state index contributed by atoms with van der Waals surface area (Å²) in [5.41, 5.74) is 4.72. The summed E-state index contributed by atoms with van der Waals surface area (Å²) in [6.45, 7) is 1.86. The topological polar surface area (TPSA) is 64.7 Å². The van der Waals surface area contributed by atoms with Gasteiger partial charge in [-0.15, -0.1) is 0 Å². The Morgan fingerprint density at radius 1 is 0.971 bits per heavy atom. The third-order valence-corrected chi connectivity index (χ3v) is 6.26. The van der Waals surface area contributed by atoms with Crippen LogP contribution >= 0.6 is 0 Å². The first-order valence-corrected chi connectivity index (χ1v) is 11.7. The van der Waals surface area contributed by atoms with E-state index in [0.717, 1.165) is 41.9 Å². The van der Waals surface area contributed by atoms with Gasteiger partial charge in [-0.1, -0.05) is 42.5 Å². The summed E-state index contributed by atoms with van der Waals surface area (Å²) in [4.78, 5) is 29.5. The van der Waals surface area contributed by atoms with Crippen molar-refractivity contribution in [3.63, 3.8) is 0 Å². The lowest BCUT2D eigenvalue weighted by Crippen LogP contribution is -2.41. The number of piperidine rings is 1. The number of urea groups is 1. The molecule has 1 fully saturated rings. The fraction of sp³-hybridized carbons (Fsp3) is 0.286. The Labute approximate surface area is 201 Å². The molecule has 176 valence electrons. The largest absolute Gasteiger partial charge is 0.378 e. The van der Waals surface area contributed by atoms with Gasteiger partial charge in [0.25, 0.3) is 5.91 Å². The lowest BCUT2D eigenvalue weighted by molar-refractivity contribution is 0.0950. The second kappa shape index (κ2) is 10.9. The molecule has 0 bridgehead atoms. The van der Waals surface area contributed by atoms with Gasteiger partial charge in [0.15, 0.2) is 0 Å². The zero-order chi connectivity index (χ0) is 23.9. The normalized spacial score (nSPS) is 15.5. The molecule has 1 heterocycles. The van der Waals surface area contributed by atoms with Gasteiger partial charge in [0, 0.05) is 56.6 Å². The van der Waals surface area contributed by atoms with Crippen LogP contribution in [0.25, 0.3) is 0 Å². The smallest absolute Gasteiger partial charge is 0.321 e. The molecule has 3 aromatic carbocycles. The van der Waals surface area contributed by atoms with Gasteiger partial charge in [0.05, 0.1) is 0 Å². The Bertz CT molecular complexity index is 1110.